The number of anilines is 1. The molecule has 1 heterocycles. The molecule has 0 spiro atoms. The lowest BCUT2D eigenvalue weighted by Crippen LogP contribution is -2.38. The summed E-state index contributed by atoms with van der Waals surface area (Å²) in [7, 11) is -3.85. The topological polar surface area (TPSA) is 87.3 Å². The average Bonchev–Trinajstić information content (AvgIpc) is 2.61. The van der Waals surface area contributed by atoms with Gasteiger partial charge >= 0.3 is 0 Å². The molecule has 0 fully saturated rings. The third-order valence-electron chi connectivity index (χ3n) is 4.25. The van der Waals surface area contributed by atoms with Crippen molar-refractivity contribution in [2.75, 3.05) is 18.4 Å². The first-order valence-corrected chi connectivity index (χ1v) is 9.73. The van der Waals surface area contributed by atoms with Gasteiger partial charge in [-0.05, 0) is 42.3 Å². The van der Waals surface area contributed by atoms with Gasteiger partial charge in [-0.25, -0.2) is 17.5 Å². The van der Waals surface area contributed by atoms with Crippen LogP contribution in [0.15, 0.2) is 47.4 Å². The molecule has 27 heavy (non-hydrogen) atoms. The summed E-state index contributed by atoms with van der Waals surface area (Å²) in [5, 5.41) is 5.59. The van der Waals surface area contributed by atoms with Gasteiger partial charge in [0.2, 0.25) is 15.9 Å². The van der Waals surface area contributed by atoms with Gasteiger partial charge in [0, 0.05) is 19.5 Å². The summed E-state index contributed by atoms with van der Waals surface area (Å²) < 4.78 is 41.4. The second-order valence-corrected chi connectivity index (χ2v) is 7.90. The van der Waals surface area contributed by atoms with Crippen LogP contribution in [0.3, 0.4) is 0 Å². The monoisotopic (exact) mass is 413 g/mol. The number of carbonyl (C=O) groups excluding carboxylic acids is 1. The number of hydrogen-bond donors (Lipinski definition) is 3. The highest BCUT2D eigenvalue weighted by Gasteiger charge is 2.23. The van der Waals surface area contributed by atoms with Crippen molar-refractivity contribution in [1.29, 1.82) is 0 Å². The molecule has 0 radical (unpaired) electrons. The summed E-state index contributed by atoms with van der Waals surface area (Å²) in [6.07, 6.45) is 0.900. The number of nitrogens with one attached hydrogen (secondary N) is 3. The first-order valence-electron chi connectivity index (χ1n) is 8.25. The molecule has 1 unspecified atom stereocenters. The molecule has 6 nitrogen and oxygen atoms in total. The fourth-order valence-corrected chi connectivity index (χ4v) is 4.08. The molecule has 146 valence electrons. The summed E-state index contributed by atoms with van der Waals surface area (Å²) in [5.41, 5.74) is 2.10. The molecule has 3 rings (SSSR count). The van der Waals surface area contributed by atoms with Crippen molar-refractivity contribution in [3.05, 3.63) is 59.4 Å². The minimum absolute atomic E-state index is 0. The first-order chi connectivity index (χ1) is 12.4. The minimum atomic E-state index is -3.85. The Morgan fingerprint density at radius 2 is 2.00 bits per heavy atom. The Morgan fingerprint density at radius 3 is 2.74 bits per heavy atom. The molecular weight excluding hydrogens is 393 g/mol. The largest absolute Gasteiger partial charge is 0.324 e. The van der Waals surface area contributed by atoms with E-state index in [9.17, 15) is 17.6 Å². The molecule has 1 amide bonds. The third kappa shape index (κ3) is 5.04. The van der Waals surface area contributed by atoms with Crippen LogP contribution in [-0.4, -0.2) is 27.4 Å². The van der Waals surface area contributed by atoms with Crippen LogP contribution in [0.5, 0.6) is 0 Å². The fraction of sp³-hybridized carbons (Fsp3) is 0.278. The van der Waals surface area contributed by atoms with Gasteiger partial charge in [0.05, 0.1) is 10.6 Å². The van der Waals surface area contributed by atoms with Gasteiger partial charge in [0.15, 0.2) is 0 Å². The van der Waals surface area contributed by atoms with E-state index in [1.165, 1.54) is 18.6 Å². The normalized spacial score (nSPS) is 16.1. The Balaban J connectivity index is 0.00000261. The summed E-state index contributed by atoms with van der Waals surface area (Å²) in [4.78, 5) is 11.0. The number of sulfonamides is 1. The van der Waals surface area contributed by atoms with E-state index in [-0.39, 0.29) is 35.6 Å². The number of halogens is 2. The van der Waals surface area contributed by atoms with Gasteiger partial charge in [0.1, 0.15) is 5.82 Å². The summed E-state index contributed by atoms with van der Waals surface area (Å²) in [6, 6.07) is 11.1. The number of amides is 1. The van der Waals surface area contributed by atoms with E-state index in [0.717, 1.165) is 30.7 Å². The lowest BCUT2D eigenvalue weighted by Gasteiger charge is -2.27. The van der Waals surface area contributed by atoms with Crippen molar-refractivity contribution in [2.45, 2.75) is 24.3 Å². The molecule has 1 aliphatic heterocycles. The van der Waals surface area contributed by atoms with Gasteiger partial charge in [-0.1, -0.05) is 24.3 Å². The second-order valence-electron chi connectivity index (χ2n) is 6.13. The second kappa shape index (κ2) is 8.79. The zero-order valence-electron chi connectivity index (χ0n) is 14.7. The van der Waals surface area contributed by atoms with Gasteiger partial charge in [-0.3, -0.25) is 4.79 Å². The Labute approximate surface area is 164 Å². The summed E-state index contributed by atoms with van der Waals surface area (Å²) in [6.45, 7) is 2.17. The molecule has 1 atom stereocenters. The maximum Gasteiger partial charge on any atom is 0.240 e. The molecule has 2 aromatic rings. The van der Waals surface area contributed by atoms with Crippen LogP contribution in [0.1, 0.15) is 24.1 Å². The van der Waals surface area contributed by atoms with Gasteiger partial charge in [-0.2, -0.15) is 0 Å². The smallest absolute Gasteiger partial charge is 0.240 e. The predicted molar refractivity (Wildman–Crippen MR) is 104 cm³/mol. The van der Waals surface area contributed by atoms with Crippen LogP contribution in [0.4, 0.5) is 10.1 Å². The Morgan fingerprint density at radius 1 is 1.26 bits per heavy atom. The molecule has 9 heteroatoms. The Hall–Kier alpha value is -2.00. The van der Waals surface area contributed by atoms with Crippen molar-refractivity contribution in [3.8, 4) is 0 Å². The van der Waals surface area contributed by atoms with Gasteiger partial charge in [0.25, 0.3) is 0 Å². The Bertz CT molecular complexity index is 937. The first kappa shape index (κ1) is 21.3. The summed E-state index contributed by atoms with van der Waals surface area (Å²) in [5.74, 6) is -1.17. The van der Waals surface area contributed by atoms with Crippen molar-refractivity contribution >= 4 is 34.0 Å². The standard InChI is InChI=1S/C18H20FN3O3S.ClH/c1-12(23)22-17-10-14(6-7-16(17)19)26(24,25)21-11-18-15-5-3-2-4-13(15)8-9-20-18;/h2-7,10,18,20-21H,8-9,11H2,1H3,(H,22,23);1H. The maximum absolute atomic E-state index is 13.7. The summed E-state index contributed by atoms with van der Waals surface area (Å²) >= 11 is 0. The zero-order chi connectivity index (χ0) is 18.7. The highest BCUT2D eigenvalue weighted by Crippen LogP contribution is 2.23. The van der Waals surface area contributed by atoms with E-state index in [4.69, 9.17) is 0 Å². The third-order valence-corrected chi connectivity index (χ3v) is 5.67. The lowest BCUT2D eigenvalue weighted by atomic mass is 9.95. The highest BCUT2D eigenvalue weighted by atomic mass is 35.5. The van der Waals surface area contributed by atoms with Crippen LogP contribution in [0.25, 0.3) is 0 Å². The van der Waals surface area contributed by atoms with Crippen molar-refractivity contribution in [3.63, 3.8) is 0 Å². The van der Waals surface area contributed by atoms with Crippen LogP contribution < -0.4 is 15.4 Å². The zero-order valence-corrected chi connectivity index (χ0v) is 16.3. The molecule has 0 bridgehead atoms. The highest BCUT2D eigenvalue weighted by molar-refractivity contribution is 7.89. The van der Waals surface area contributed by atoms with Gasteiger partial charge < -0.3 is 10.6 Å². The SMILES string of the molecule is CC(=O)Nc1cc(S(=O)(=O)NCC2NCCc3ccccc32)ccc1F.Cl. The fourth-order valence-electron chi connectivity index (χ4n) is 3.01. The number of benzene rings is 2. The minimum Gasteiger partial charge on any atom is -0.324 e. The molecule has 0 saturated heterocycles. The maximum atomic E-state index is 13.7. The molecule has 3 N–H and O–H groups in total. The van der Waals surface area contributed by atoms with Crippen LogP contribution >= 0.6 is 12.4 Å². The van der Waals surface area contributed by atoms with Crippen LogP contribution in [0, 0.1) is 5.82 Å². The Kier molecular flexibility index (Phi) is 6.94. The lowest BCUT2D eigenvalue weighted by molar-refractivity contribution is -0.114. The molecule has 0 saturated carbocycles. The van der Waals surface area contributed by atoms with Crippen molar-refractivity contribution in [2.24, 2.45) is 0 Å². The average molecular weight is 414 g/mol. The van der Waals surface area contributed by atoms with Crippen molar-refractivity contribution < 1.29 is 17.6 Å². The predicted octanol–water partition coefficient (Wildman–Crippen LogP) is 2.37. The number of rotatable bonds is 5. The van der Waals surface area contributed by atoms with E-state index in [1.807, 2.05) is 24.3 Å². The molecule has 1 aliphatic rings. The van der Waals surface area contributed by atoms with Crippen LogP contribution in [0.2, 0.25) is 0 Å². The molecular formula is C18H21ClFN3O3S. The molecule has 2 aromatic carbocycles. The van der Waals surface area contributed by atoms with E-state index in [2.05, 4.69) is 15.4 Å². The van der Waals surface area contributed by atoms with E-state index >= 15 is 0 Å². The number of carbonyl (C=O) groups is 1. The van der Waals surface area contributed by atoms with Crippen LogP contribution in [-0.2, 0) is 21.2 Å². The van der Waals surface area contributed by atoms with E-state index in [0.29, 0.717) is 0 Å². The molecule has 0 aliphatic carbocycles. The quantitative estimate of drug-likeness (QED) is 0.702. The van der Waals surface area contributed by atoms with E-state index < -0.39 is 21.7 Å². The van der Waals surface area contributed by atoms with Crippen molar-refractivity contribution in [1.82, 2.24) is 10.0 Å². The van der Waals surface area contributed by atoms with E-state index in [1.54, 1.807) is 0 Å². The number of hydrogen-bond acceptors (Lipinski definition) is 4. The number of fused-ring (bicyclic) bond motifs is 1. The molecule has 0 aromatic heterocycles. The van der Waals surface area contributed by atoms with Gasteiger partial charge in [-0.15, -0.1) is 12.4 Å².